The standard InChI is InChI=1S/C19H20F3N3O/c1-13-4-2-3-11-25(13)17-6-5-15(19(20,21)22)12-16(17)24-18(26)14-7-9-23-10-8-14/h5-10,12-13H,2-4,11H2,1H3,(H,24,26)/t13-/m0/s1. The Morgan fingerprint density at radius 1 is 1.19 bits per heavy atom. The Kier molecular flexibility index (Phi) is 5.15. The van der Waals surface area contributed by atoms with E-state index in [-0.39, 0.29) is 11.7 Å². The average Bonchev–Trinajstić information content (AvgIpc) is 2.62. The molecule has 4 nitrogen and oxygen atoms in total. The van der Waals surface area contributed by atoms with Gasteiger partial charge in [-0.05, 0) is 56.5 Å². The molecule has 1 amide bonds. The maximum absolute atomic E-state index is 13.1. The van der Waals surface area contributed by atoms with E-state index in [0.29, 0.717) is 11.3 Å². The summed E-state index contributed by atoms with van der Waals surface area (Å²) in [5.41, 5.74) is 0.356. The molecule has 1 saturated heterocycles. The molecule has 26 heavy (non-hydrogen) atoms. The van der Waals surface area contributed by atoms with Crippen molar-refractivity contribution in [2.75, 3.05) is 16.8 Å². The van der Waals surface area contributed by atoms with Crippen molar-refractivity contribution >= 4 is 17.3 Å². The van der Waals surface area contributed by atoms with Crippen LogP contribution >= 0.6 is 0 Å². The van der Waals surface area contributed by atoms with Crippen LogP contribution in [0.1, 0.15) is 42.1 Å². The lowest BCUT2D eigenvalue weighted by Gasteiger charge is -2.36. The first-order chi connectivity index (χ1) is 12.4. The predicted octanol–water partition coefficient (Wildman–Crippen LogP) is 4.73. The first-order valence-electron chi connectivity index (χ1n) is 8.55. The van der Waals surface area contributed by atoms with Crippen LogP contribution in [0.4, 0.5) is 24.5 Å². The van der Waals surface area contributed by atoms with Gasteiger partial charge in [0.2, 0.25) is 0 Å². The Labute approximate surface area is 150 Å². The van der Waals surface area contributed by atoms with Gasteiger partial charge in [0.05, 0.1) is 16.9 Å². The number of nitrogens with one attached hydrogen (secondary N) is 1. The van der Waals surface area contributed by atoms with Gasteiger partial charge in [0.25, 0.3) is 5.91 Å². The first kappa shape index (κ1) is 18.2. The van der Waals surface area contributed by atoms with Crippen molar-refractivity contribution in [3.8, 4) is 0 Å². The Hall–Kier alpha value is -2.57. The van der Waals surface area contributed by atoms with Gasteiger partial charge in [-0.1, -0.05) is 0 Å². The molecular weight excluding hydrogens is 343 g/mol. The van der Waals surface area contributed by atoms with E-state index >= 15 is 0 Å². The van der Waals surface area contributed by atoms with Crippen molar-refractivity contribution in [2.45, 2.75) is 38.4 Å². The molecule has 1 aliphatic heterocycles. The van der Waals surface area contributed by atoms with E-state index in [9.17, 15) is 18.0 Å². The minimum atomic E-state index is -4.47. The van der Waals surface area contributed by atoms with E-state index in [1.54, 1.807) is 0 Å². The molecule has 0 aliphatic carbocycles. The maximum Gasteiger partial charge on any atom is 0.416 e. The highest BCUT2D eigenvalue weighted by molar-refractivity contribution is 6.06. The van der Waals surface area contributed by atoms with Gasteiger partial charge in [-0.25, -0.2) is 0 Å². The second kappa shape index (κ2) is 7.35. The van der Waals surface area contributed by atoms with Gasteiger partial charge in [0.1, 0.15) is 0 Å². The number of pyridine rings is 1. The third kappa shape index (κ3) is 3.98. The summed E-state index contributed by atoms with van der Waals surface area (Å²) in [7, 11) is 0. The molecule has 2 aromatic rings. The van der Waals surface area contributed by atoms with Gasteiger partial charge in [-0.15, -0.1) is 0 Å². The van der Waals surface area contributed by atoms with Crippen molar-refractivity contribution < 1.29 is 18.0 Å². The zero-order valence-electron chi connectivity index (χ0n) is 14.4. The normalized spacial score (nSPS) is 17.8. The summed E-state index contributed by atoms with van der Waals surface area (Å²) in [5.74, 6) is -0.461. The summed E-state index contributed by atoms with van der Waals surface area (Å²) in [6.45, 7) is 2.80. The third-order valence-corrected chi connectivity index (χ3v) is 4.63. The van der Waals surface area contributed by atoms with Crippen LogP contribution in [0.3, 0.4) is 0 Å². The van der Waals surface area contributed by atoms with Gasteiger partial charge < -0.3 is 10.2 Å². The van der Waals surface area contributed by atoms with Crippen LogP contribution in [-0.4, -0.2) is 23.5 Å². The lowest BCUT2D eigenvalue weighted by Crippen LogP contribution is -2.38. The minimum absolute atomic E-state index is 0.176. The monoisotopic (exact) mass is 363 g/mol. The number of carbonyl (C=O) groups is 1. The topological polar surface area (TPSA) is 45.2 Å². The fourth-order valence-corrected chi connectivity index (χ4v) is 3.22. The molecule has 1 fully saturated rings. The third-order valence-electron chi connectivity index (χ3n) is 4.63. The summed E-state index contributed by atoms with van der Waals surface area (Å²) >= 11 is 0. The smallest absolute Gasteiger partial charge is 0.367 e. The number of nitrogens with zero attached hydrogens (tertiary/aromatic N) is 2. The van der Waals surface area contributed by atoms with Crippen molar-refractivity contribution in [3.05, 3.63) is 53.9 Å². The van der Waals surface area contributed by atoms with E-state index in [1.165, 1.54) is 30.6 Å². The number of halogens is 3. The van der Waals surface area contributed by atoms with E-state index in [0.717, 1.165) is 37.9 Å². The van der Waals surface area contributed by atoms with Crippen LogP contribution in [0.25, 0.3) is 0 Å². The van der Waals surface area contributed by atoms with E-state index in [4.69, 9.17) is 0 Å². The van der Waals surface area contributed by atoms with Crippen LogP contribution in [0.5, 0.6) is 0 Å². The molecule has 1 atom stereocenters. The summed E-state index contributed by atoms with van der Waals surface area (Å²) in [4.78, 5) is 18.4. The van der Waals surface area contributed by atoms with Gasteiger partial charge in [0, 0.05) is 30.5 Å². The number of hydrogen-bond acceptors (Lipinski definition) is 3. The number of rotatable bonds is 3. The molecule has 7 heteroatoms. The quantitative estimate of drug-likeness (QED) is 0.857. The highest BCUT2D eigenvalue weighted by atomic mass is 19.4. The first-order valence-corrected chi connectivity index (χ1v) is 8.55. The lowest BCUT2D eigenvalue weighted by atomic mass is 10.0. The maximum atomic E-state index is 13.1. The zero-order chi connectivity index (χ0) is 18.7. The molecule has 0 bridgehead atoms. The van der Waals surface area contributed by atoms with Crippen LogP contribution in [0, 0.1) is 0 Å². The van der Waals surface area contributed by atoms with Crippen molar-refractivity contribution in [2.24, 2.45) is 0 Å². The Bertz CT molecular complexity index is 777. The predicted molar refractivity (Wildman–Crippen MR) is 94.3 cm³/mol. The Morgan fingerprint density at radius 3 is 2.58 bits per heavy atom. The number of alkyl halides is 3. The van der Waals surface area contributed by atoms with Crippen molar-refractivity contribution in [1.82, 2.24) is 4.98 Å². The van der Waals surface area contributed by atoms with E-state index in [1.807, 2.05) is 6.92 Å². The molecule has 0 unspecified atom stereocenters. The second-order valence-electron chi connectivity index (χ2n) is 6.46. The largest absolute Gasteiger partial charge is 0.416 e. The number of carbonyl (C=O) groups excluding carboxylic acids is 1. The number of hydrogen-bond donors (Lipinski definition) is 1. The van der Waals surface area contributed by atoms with Crippen molar-refractivity contribution in [1.29, 1.82) is 0 Å². The second-order valence-corrected chi connectivity index (χ2v) is 6.46. The molecule has 1 aromatic heterocycles. The number of amides is 1. The zero-order valence-corrected chi connectivity index (χ0v) is 14.4. The number of piperidine rings is 1. The molecule has 0 saturated carbocycles. The summed E-state index contributed by atoms with van der Waals surface area (Å²) in [6.07, 6.45) is 1.50. The fraction of sp³-hybridized carbons (Fsp3) is 0.368. The van der Waals surface area contributed by atoms with Gasteiger partial charge in [-0.2, -0.15) is 13.2 Å². The van der Waals surface area contributed by atoms with Crippen LogP contribution < -0.4 is 10.2 Å². The average molecular weight is 363 g/mol. The summed E-state index contributed by atoms with van der Waals surface area (Å²) < 4.78 is 39.4. The van der Waals surface area contributed by atoms with Crippen molar-refractivity contribution in [3.63, 3.8) is 0 Å². The van der Waals surface area contributed by atoms with Crippen LogP contribution in [0.2, 0.25) is 0 Å². The van der Waals surface area contributed by atoms with Crippen LogP contribution in [-0.2, 0) is 6.18 Å². The molecular formula is C19H20F3N3O. The van der Waals surface area contributed by atoms with E-state index in [2.05, 4.69) is 15.2 Å². The number of anilines is 2. The fourth-order valence-electron chi connectivity index (χ4n) is 3.22. The van der Waals surface area contributed by atoms with Gasteiger partial charge in [0.15, 0.2) is 0 Å². The molecule has 1 aromatic carbocycles. The minimum Gasteiger partial charge on any atom is -0.367 e. The highest BCUT2D eigenvalue weighted by Crippen LogP contribution is 2.37. The summed E-state index contributed by atoms with van der Waals surface area (Å²) in [5, 5.41) is 2.65. The number of aromatic nitrogens is 1. The highest BCUT2D eigenvalue weighted by Gasteiger charge is 2.32. The molecule has 0 radical (unpaired) electrons. The summed E-state index contributed by atoms with van der Waals surface area (Å²) in [6, 6.07) is 6.77. The SMILES string of the molecule is C[C@H]1CCCCN1c1ccc(C(F)(F)F)cc1NC(=O)c1ccncc1. The molecule has 1 aliphatic rings. The lowest BCUT2D eigenvalue weighted by molar-refractivity contribution is -0.137. The van der Waals surface area contributed by atoms with Gasteiger partial charge in [-0.3, -0.25) is 9.78 Å². The number of benzene rings is 1. The van der Waals surface area contributed by atoms with Gasteiger partial charge >= 0.3 is 6.18 Å². The molecule has 2 heterocycles. The van der Waals surface area contributed by atoms with E-state index < -0.39 is 17.6 Å². The van der Waals surface area contributed by atoms with Crippen LogP contribution in [0.15, 0.2) is 42.7 Å². The molecule has 0 spiro atoms. The Morgan fingerprint density at radius 2 is 1.92 bits per heavy atom. The molecule has 138 valence electrons. The molecule has 3 rings (SSSR count). The molecule has 1 N–H and O–H groups in total. The Balaban J connectivity index is 1.97.